The van der Waals surface area contributed by atoms with Gasteiger partial charge < -0.3 is 10.2 Å². The molecule has 1 fully saturated rings. The average Bonchev–Trinajstić information content (AvgIpc) is 3.42. The maximum Gasteiger partial charge on any atom is 0.0961 e. The van der Waals surface area contributed by atoms with E-state index in [1.165, 1.54) is 5.56 Å². The summed E-state index contributed by atoms with van der Waals surface area (Å²) in [5.41, 5.74) is 2.96. The fourth-order valence-electron chi connectivity index (χ4n) is 3.75. The molecule has 3 heteroatoms. The van der Waals surface area contributed by atoms with E-state index in [2.05, 4.69) is 17.0 Å². The highest BCUT2D eigenvalue weighted by Crippen LogP contribution is 2.45. The number of hydrogen-bond donors (Lipinski definition) is 2. The van der Waals surface area contributed by atoms with Gasteiger partial charge in [0.1, 0.15) is 0 Å². The number of benzene rings is 3. The molecule has 0 aromatic heterocycles. The molecule has 4 rings (SSSR count). The van der Waals surface area contributed by atoms with Gasteiger partial charge in [-0.1, -0.05) is 91.0 Å². The number of aliphatic hydroxyl groups excluding tert-OH is 2. The molecule has 1 aliphatic rings. The highest BCUT2D eigenvalue weighted by atomic mass is 16.3. The van der Waals surface area contributed by atoms with Crippen LogP contribution in [0.1, 0.15) is 28.9 Å². The van der Waals surface area contributed by atoms with Gasteiger partial charge >= 0.3 is 0 Å². The zero-order valence-corrected chi connectivity index (χ0v) is 14.5. The van der Waals surface area contributed by atoms with Crippen LogP contribution >= 0.6 is 0 Å². The van der Waals surface area contributed by atoms with E-state index in [4.69, 9.17) is 0 Å². The zero-order valence-electron chi connectivity index (χ0n) is 14.5. The molecule has 26 heavy (non-hydrogen) atoms. The first-order valence-electron chi connectivity index (χ1n) is 9.01. The highest BCUT2D eigenvalue weighted by Gasteiger charge is 2.55. The fourth-order valence-corrected chi connectivity index (χ4v) is 3.75. The summed E-state index contributed by atoms with van der Waals surface area (Å²) in [6.45, 7) is 0.712. The summed E-state index contributed by atoms with van der Waals surface area (Å²) in [5, 5.41) is 21.8. The quantitative estimate of drug-likeness (QED) is 0.670. The van der Waals surface area contributed by atoms with Crippen LogP contribution in [0.2, 0.25) is 0 Å². The maximum absolute atomic E-state index is 10.9. The topological polar surface area (TPSA) is 43.5 Å². The predicted octanol–water partition coefficient (Wildman–Crippen LogP) is 3.71. The molecule has 1 aliphatic heterocycles. The van der Waals surface area contributed by atoms with Crippen LogP contribution in [0.3, 0.4) is 0 Å². The Morgan fingerprint density at radius 1 is 0.615 bits per heavy atom. The van der Waals surface area contributed by atoms with Crippen molar-refractivity contribution in [3.8, 4) is 0 Å². The van der Waals surface area contributed by atoms with E-state index in [0.29, 0.717) is 6.54 Å². The third kappa shape index (κ3) is 3.42. The van der Waals surface area contributed by atoms with Crippen molar-refractivity contribution in [1.29, 1.82) is 0 Å². The molecule has 0 radical (unpaired) electrons. The number of hydrogen-bond acceptors (Lipinski definition) is 3. The minimum absolute atomic E-state index is 0.104. The third-order valence-corrected chi connectivity index (χ3v) is 5.16. The van der Waals surface area contributed by atoms with Crippen LogP contribution in [0.15, 0.2) is 91.0 Å². The summed E-state index contributed by atoms with van der Waals surface area (Å²) in [5.74, 6) is 0. The molecular weight excluding hydrogens is 322 g/mol. The largest absolute Gasteiger partial charge is 0.387 e. The monoisotopic (exact) mass is 345 g/mol. The van der Waals surface area contributed by atoms with E-state index in [-0.39, 0.29) is 12.1 Å². The smallest absolute Gasteiger partial charge is 0.0961 e. The number of aliphatic hydroxyl groups is 2. The van der Waals surface area contributed by atoms with Crippen molar-refractivity contribution in [3.05, 3.63) is 108 Å². The van der Waals surface area contributed by atoms with Crippen LogP contribution in [-0.4, -0.2) is 27.2 Å². The van der Waals surface area contributed by atoms with Crippen LogP contribution in [0, 0.1) is 0 Å². The Hall–Kier alpha value is -2.46. The third-order valence-electron chi connectivity index (χ3n) is 5.16. The second kappa shape index (κ2) is 7.42. The normalized spacial score (nSPS) is 24.0. The first-order valence-corrected chi connectivity index (χ1v) is 9.01. The van der Waals surface area contributed by atoms with E-state index < -0.39 is 12.2 Å². The summed E-state index contributed by atoms with van der Waals surface area (Å²) in [6, 6.07) is 29.4. The lowest BCUT2D eigenvalue weighted by Gasteiger charge is -2.12. The van der Waals surface area contributed by atoms with Gasteiger partial charge in [0.25, 0.3) is 0 Å². The molecule has 0 saturated carbocycles. The summed E-state index contributed by atoms with van der Waals surface area (Å²) in [7, 11) is 0. The van der Waals surface area contributed by atoms with E-state index in [1.54, 1.807) is 0 Å². The molecule has 5 atom stereocenters. The Kier molecular flexibility index (Phi) is 4.85. The Balaban J connectivity index is 1.59. The van der Waals surface area contributed by atoms with Gasteiger partial charge in [0.2, 0.25) is 0 Å². The summed E-state index contributed by atoms with van der Waals surface area (Å²) in [4.78, 5) is 2.19. The minimum atomic E-state index is -0.622. The van der Waals surface area contributed by atoms with E-state index in [9.17, 15) is 10.2 Å². The van der Waals surface area contributed by atoms with Gasteiger partial charge in [-0.25, -0.2) is 0 Å². The fraction of sp³-hybridized carbons (Fsp3) is 0.217. The van der Waals surface area contributed by atoms with E-state index in [1.807, 2.05) is 78.9 Å². The summed E-state index contributed by atoms with van der Waals surface area (Å²) >= 11 is 0. The molecule has 0 amide bonds. The molecule has 3 aromatic carbocycles. The molecule has 3 aromatic rings. The molecule has 132 valence electrons. The number of nitrogens with zero attached hydrogens (tertiary/aromatic N) is 1. The molecule has 3 unspecified atom stereocenters. The van der Waals surface area contributed by atoms with Gasteiger partial charge in [-0.05, 0) is 16.7 Å². The second-order valence-electron chi connectivity index (χ2n) is 6.85. The molecule has 2 N–H and O–H groups in total. The maximum atomic E-state index is 10.9. The van der Waals surface area contributed by atoms with Gasteiger partial charge in [-0.3, -0.25) is 4.90 Å². The van der Waals surface area contributed by atoms with Gasteiger partial charge in [0.05, 0.1) is 24.3 Å². The van der Waals surface area contributed by atoms with Gasteiger partial charge in [0.15, 0.2) is 0 Å². The lowest BCUT2D eigenvalue weighted by Crippen LogP contribution is -2.13. The van der Waals surface area contributed by atoms with E-state index >= 15 is 0 Å². The highest BCUT2D eigenvalue weighted by molar-refractivity contribution is 5.29. The average molecular weight is 345 g/mol. The van der Waals surface area contributed by atoms with Crippen molar-refractivity contribution >= 4 is 0 Å². The Morgan fingerprint density at radius 2 is 1.00 bits per heavy atom. The van der Waals surface area contributed by atoms with Crippen LogP contribution in [0.4, 0.5) is 0 Å². The molecule has 0 aliphatic carbocycles. The molecule has 1 saturated heterocycles. The first kappa shape index (κ1) is 17.0. The van der Waals surface area contributed by atoms with Gasteiger partial charge in [-0.2, -0.15) is 0 Å². The standard InChI is InChI=1S/C23H23NO2/c25-22(18-12-6-2-7-13-18)20-21(23(26)19-14-8-3-9-15-19)24(20)16-17-10-4-1-5-11-17/h1-15,20-23,25-26H,16H2/t20-,21+,22?,23?,24?. The molecular formula is C23H23NO2. The van der Waals surface area contributed by atoms with Crippen molar-refractivity contribution in [2.75, 3.05) is 0 Å². The zero-order chi connectivity index (χ0) is 17.9. The number of rotatable bonds is 6. The lowest BCUT2D eigenvalue weighted by atomic mass is 9.99. The Morgan fingerprint density at radius 3 is 1.42 bits per heavy atom. The first-order chi connectivity index (χ1) is 12.8. The minimum Gasteiger partial charge on any atom is -0.387 e. The Labute approximate surface area is 154 Å². The molecule has 1 heterocycles. The van der Waals surface area contributed by atoms with Crippen molar-refractivity contribution in [2.45, 2.75) is 30.8 Å². The summed E-state index contributed by atoms with van der Waals surface area (Å²) in [6.07, 6.45) is -1.24. The van der Waals surface area contributed by atoms with Crippen LogP contribution < -0.4 is 0 Å². The lowest BCUT2D eigenvalue weighted by molar-refractivity contribution is 0.143. The molecule has 3 nitrogen and oxygen atoms in total. The Bertz CT molecular complexity index is 771. The second-order valence-corrected chi connectivity index (χ2v) is 6.85. The van der Waals surface area contributed by atoms with Crippen LogP contribution in [0.25, 0.3) is 0 Å². The van der Waals surface area contributed by atoms with Crippen molar-refractivity contribution in [1.82, 2.24) is 4.90 Å². The van der Waals surface area contributed by atoms with Gasteiger partial charge in [0, 0.05) is 6.54 Å². The summed E-state index contributed by atoms with van der Waals surface area (Å²) < 4.78 is 0. The molecule has 0 spiro atoms. The predicted molar refractivity (Wildman–Crippen MR) is 102 cm³/mol. The van der Waals surface area contributed by atoms with Crippen molar-refractivity contribution in [3.63, 3.8) is 0 Å². The van der Waals surface area contributed by atoms with Crippen molar-refractivity contribution in [2.24, 2.45) is 0 Å². The SMILES string of the molecule is OC(c1ccccc1)[C@@H]1[C@H](C(O)c2ccccc2)N1Cc1ccccc1. The van der Waals surface area contributed by atoms with Gasteiger partial charge in [-0.15, -0.1) is 0 Å². The van der Waals surface area contributed by atoms with Crippen molar-refractivity contribution < 1.29 is 10.2 Å². The van der Waals surface area contributed by atoms with Crippen LogP contribution in [0.5, 0.6) is 0 Å². The van der Waals surface area contributed by atoms with E-state index in [0.717, 1.165) is 11.1 Å². The van der Waals surface area contributed by atoms with Crippen LogP contribution in [-0.2, 0) is 6.54 Å². The molecule has 0 bridgehead atoms.